The summed E-state index contributed by atoms with van der Waals surface area (Å²) in [5.41, 5.74) is 2.61. The van der Waals surface area contributed by atoms with Crippen LogP contribution in [0, 0.1) is 13.8 Å². The van der Waals surface area contributed by atoms with E-state index in [0.29, 0.717) is 5.56 Å². The van der Waals surface area contributed by atoms with E-state index >= 15 is 0 Å². The molecule has 0 spiro atoms. The quantitative estimate of drug-likeness (QED) is 0.543. The maximum Gasteiger partial charge on any atom is 0.151 e. The first-order chi connectivity index (χ1) is 8.11. The molecule has 0 aliphatic rings. The van der Waals surface area contributed by atoms with E-state index in [1.165, 1.54) is 0 Å². The van der Waals surface area contributed by atoms with Crippen LogP contribution in [0.3, 0.4) is 0 Å². The van der Waals surface area contributed by atoms with Crippen molar-refractivity contribution in [1.82, 2.24) is 9.97 Å². The van der Waals surface area contributed by atoms with Crippen LogP contribution in [0.5, 0.6) is 0 Å². The molecule has 5 heteroatoms. The van der Waals surface area contributed by atoms with Crippen LogP contribution >= 0.6 is 15.9 Å². The van der Waals surface area contributed by atoms with E-state index in [9.17, 15) is 4.79 Å². The zero-order chi connectivity index (χ0) is 12.7. The third kappa shape index (κ3) is 12.0. The molecule has 2 aromatic rings. The fourth-order valence-corrected chi connectivity index (χ4v) is 1.23. The summed E-state index contributed by atoms with van der Waals surface area (Å²) in [4.78, 5) is 18.0. The Morgan fingerprint density at radius 2 is 1.38 bits per heavy atom. The predicted molar refractivity (Wildman–Crippen MR) is 97.0 cm³/mol. The van der Waals surface area contributed by atoms with Gasteiger partial charge in [0.1, 0.15) is 0 Å². The number of pyridine rings is 2. The van der Waals surface area contributed by atoms with Gasteiger partial charge < -0.3 is 0 Å². The number of aromatic nitrogens is 2. The summed E-state index contributed by atoms with van der Waals surface area (Å²) in [6.07, 6.45) is 4.13. The molecule has 0 aliphatic carbocycles. The standard InChI is InChI=1S/C7H7NO.C6H6BrN.3CH4.B/c1-6-2-3-7(5-9)4-8-6;1-5-2-3-6(7)4-8-5;;;;/h2-5H,1H3;2-4H,1H3;3*1H4;. The maximum absolute atomic E-state index is 10.1. The highest BCUT2D eigenvalue weighted by Crippen LogP contribution is 2.05. The first-order valence-electron chi connectivity index (χ1n) is 5.08. The molecule has 0 bridgehead atoms. The fourth-order valence-electron chi connectivity index (χ4n) is 0.999. The smallest absolute Gasteiger partial charge is 0.151 e. The van der Waals surface area contributed by atoms with Gasteiger partial charge in [0.05, 0.1) is 0 Å². The van der Waals surface area contributed by atoms with Crippen LogP contribution in [0.4, 0.5) is 0 Å². The van der Waals surface area contributed by atoms with Gasteiger partial charge in [-0.3, -0.25) is 14.8 Å². The lowest BCUT2D eigenvalue weighted by molar-refractivity contribution is 0.112. The second-order valence-electron chi connectivity index (χ2n) is 3.47. The minimum Gasteiger partial charge on any atom is -0.298 e. The number of hydrogen-bond donors (Lipinski definition) is 0. The highest BCUT2D eigenvalue weighted by atomic mass is 79.9. The van der Waals surface area contributed by atoms with Gasteiger partial charge in [-0.25, -0.2) is 0 Å². The maximum atomic E-state index is 10.1. The summed E-state index contributed by atoms with van der Waals surface area (Å²) in [7, 11) is 0. The van der Waals surface area contributed by atoms with Gasteiger partial charge in [-0.15, -0.1) is 0 Å². The highest BCUT2D eigenvalue weighted by Gasteiger charge is 1.86. The van der Waals surface area contributed by atoms with Crippen molar-refractivity contribution >= 4 is 30.6 Å². The largest absolute Gasteiger partial charge is 0.298 e. The molecule has 0 aliphatic heterocycles. The van der Waals surface area contributed by atoms with Crippen molar-refractivity contribution in [1.29, 1.82) is 0 Å². The van der Waals surface area contributed by atoms with Gasteiger partial charge in [-0.2, -0.15) is 0 Å². The van der Waals surface area contributed by atoms with Gasteiger partial charge in [0.25, 0.3) is 0 Å². The third-order valence-electron chi connectivity index (χ3n) is 1.95. The van der Waals surface area contributed by atoms with Gasteiger partial charge in [0, 0.05) is 42.2 Å². The molecule has 0 amide bonds. The highest BCUT2D eigenvalue weighted by molar-refractivity contribution is 9.10. The zero-order valence-electron chi connectivity index (χ0n) is 10.3. The average molecular weight is 352 g/mol. The molecular weight excluding hydrogens is 327 g/mol. The summed E-state index contributed by atoms with van der Waals surface area (Å²) in [6, 6.07) is 7.49. The van der Waals surface area contributed by atoms with E-state index in [4.69, 9.17) is 0 Å². The normalized spacial score (nSPS) is 7.38. The van der Waals surface area contributed by atoms with Crippen molar-refractivity contribution in [3.05, 3.63) is 58.1 Å². The molecule has 2 heterocycles. The van der Waals surface area contributed by atoms with Crippen molar-refractivity contribution in [3.63, 3.8) is 0 Å². The minimum absolute atomic E-state index is 0. The lowest BCUT2D eigenvalue weighted by Gasteiger charge is -1.88. The molecule has 2 rings (SSSR count). The molecule has 0 unspecified atom stereocenters. The average Bonchev–Trinajstić information content (AvgIpc) is 2.35. The predicted octanol–water partition coefficient (Wildman–Crippen LogP) is 4.88. The van der Waals surface area contributed by atoms with Crippen molar-refractivity contribution in [2.24, 2.45) is 0 Å². The Morgan fingerprint density at radius 1 is 0.905 bits per heavy atom. The number of rotatable bonds is 1. The second kappa shape index (κ2) is 14.9. The van der Waals surface area contributed by atoms with Gasteiger partial charge in [-0.1, -0.05) is 22.3 Å². The van der Waals surface area contributed by atoms with E-state index in [1.54, 1.807) is 18.5 Å². The number of aryl methyl sites for hydroxylation is 2. The lowest BCUT2D eigenvalue weighted by Crippen LogP contribution is -1.82. The first-order valence-corrected chi connectivity index (χ1v) is 5.87. The summed E-state index contributed by atoms with van der Waals surface area (Å²) < 4.78 is 1.03. The van der Waals surface area contributed by atoms with Crippen LogP contribution in [-0.4, -0.2) is 24.7 Å². The van der Waals surface area contributed by atoms with Crippen LogP contribution < -0.4 is 0 Å². The summed E-state index contributed by atoms with van der Waals surface area (Å²) >= 11 is 3.28. The molecule has 3 radical (unpaired) electrons. The van der Waals surface area contributed by atoms with E-state index < -0.39 is 0 Å². The van der Waals surface area contributed by atoms with Gasteiger partial charge in [0.2, 0.25) is 0 Å². The monoisotopic (exact) mass is 351 g/mol. The zero-order valence-corrected chi connectivity index (χ0v) is 11.9. The van der Waals surface area contributed by atoms with E-state index in [2.05, 4.69) is 25.9 Å². The van der Waals surface area contributed by atoms with E-state index in [0.717, 1.165) is 22.1 Å². The Morgan fingerprint density at radius 3 is 1.67 bits per heavy atom. The third-order valence-corrected chi connectivity index (χ3v) is 2.41. The number of carbonyl (C=O) groups excluding carboxylic acids is 1. The minimum atomic E-state index is 0. The molecule has 0 N–H and O–H groups in total. The van der Waals surface area contributed by atoms with Crippen LogP contribution in [0.15, 0.2) is 41.1 Å². The van der Waals surface area contributed by atoms with Crippen LogP contribution in [0.1, 0.15) is 44.0 Å². The Kier molecular flexibility index (Phi) is 19.7. The van der Waals surface area contributed by atoms with Crippen molar-refractivity contribution in [2.45, 2.75) is 36.1 Å². The summed E-state index contributed by atoms with van der Waals surface area (Å²) in [6.45, 7) is 3.85. The van der Waals surface area contributed by atoms with Crippen molar-refractivity contribution in [3.8, 4) is 0 Å². The molecule has 0 fully saturated rings. The van der Waals surface area contributed by atoms with Crippen LogP contribution in [0.25, 0.3) is 0 Å². The molecule has 115 valence electrons. The number of carbonyl (C=O) groups is 1. The molecule has 21 heavy (non-hydrogen) atoms. The number of nitrogens with zero attached hydrogens (tertiary/aromatic N) is 2. The molecule has 3 nitrogen and oxygen atoms in total. The Hall–Kier alpha value is -1.49. The van der Waals surface area contributed by atoms with Gasteiger partial charge in [-0.05, 0) is 54.0 Å². The Bertz CT molecular complexity index is 452. The fraction of sp³-hybridized carbons (Fsp3) is 0.312. The molecule has 0 atom stereocenters. The topological polar surface area (TPSA) is 42.9 Å². The first kappa shape index (κ1) is 27.8. The van der Waals surface area contributed by atoms with Crippen LogP contribution in [0.2, 0.25) is 0 Å². The Labute approximate surface area is 139 Å². The van der Waals surface area contributed by atoms with Crippen molar-refractivity contribution < 1.29 is 4.79 Å². The number of aldehydes is 1. The second-order valence-corrected chi connectivity index (χ2v) is 4.38. The van der Waals surface area contributed by atoms with Crippen LogP contribution in [-0.2, 0) is 0 Å². The molecule has 0 saturated carbocycles. The van der Waals surface area contributed by atoms with E-state index in [-0.39, 0.29) is 30.7 Å². The summed E-state index contributed by atoms with van der Waals surface area (Å²) in [5.74, 6) is 0. The summed E-state index contributed by atoms with van der Waals surface area (Å²) in [5, 5.41) is 0. The molecule has 2 aromatic heterocycles. The van der Waals surface area contributed by atoms with Gasteiger partial charge >= 0.3 is 0 Å². The molecule has 0 aromatic carbocycles. The van der Waals surface area contributed by atoms with E-state index in [1.807, 2.05) is 32.0 Å². The van der Waals surface area contributed by atoms with Crippen molar-refractivity contribution in [2.75, 3.05) is 0 Å². The number of halogens is 1. The molecule has 0 saturated heterocycles. The number of hydrogen-bond acceptors (Lipinski definition) is 3. The molecular formula is C16H25BBrN2O. The van der Waals surface area contributed by atoms with Gasteiger partial charge in [0.15, 0.2) is 6.29 Å². The Balaban J connectivity index is -0.000000116. The lowest BCUT2D eigenvalue weighted by atomic mass is 10.3. The SMILES string of the molecule is C.C.C.Cc1ccc(Br)cn1.Cc1ccc(C=O)cn1.[B].